The van der Waals surface area contributed by atoms with Gasteiger partial charge in [0.2, 0.25) is 0 Å². The van der Waals surface area contributed by atoms with Gasteiger partial charge >= 0.3 is 0 Å². The molecule has 0 saturated heterocycles. The monoisotopic (exact) mass is 354 g/mol. The molecule has 134 valence electrons. The predicted octanol–water partition coefficient (Wildman–Crippen LogP) is 1.98. The first kappa shape index (κ1) is 17.3. The van der Waals surface area contributed by atoms with Crippen molar-refractivity contribution >= 4 is 0 Å². The van der Waals surface area contributed by atoms with E-state index in [2.05, 4.69) is 9.97 Å². The summed E-state index contributed by atoms with van der Waals surface area (Å²) in [6.07, 6.45) is 0. The quantitative estimate of drug-likeness (QED) is 0.491. The highest BCUT2D eigenvalue weighted by Crippen LogP contribution is 2.39. The predicted molar refractivity (Wildman–Crippen MR) is 96.0 cm³/mol. The summed E-state index contributed by atoms with van der Waals surface area (Å²) in [5.41, 5.74) is 0.751. The molecule has 1 aromatic carbocycles. The van der Waals surface area contributed by atoms with Crippen LogP contribution in [0.5, 0.6) is 17.2 Å². The molecule has 0 fully saturated rings. The molecule has 7 heteroatoms. The Kier molecular flexibility index (Phi) is 4.29. The zero-order valence-electron chi connectivity index (χ0n) is 14.2. The number of aryl methyl sites for hydroxylation is 2. The fourth-order valence-electron chi connectivity index (χ4n) is 3.15. The van der Waals surface area contributed by atoms with Crippen LogP contribution >= 0.6 is 0 Å². The summed E-state index contributed by atoms with van der Waals surface area (Å²) >= 11 is 0. The molecule has 1 atom stereocenters. The fraction of sp³-hybridized carbons (Fsp3) is 0.158. The molecule has 0 aliphatic carbocycles. The van der Waals surface area contributed by atoms with Crippen molar-refractivity contribution in [1.29, 1.82) is 0 Å². The average Bonchev–Trinajstić information content (AvgIpc) is 2.52. The first-order chi connectivity index (χ1) is 12.3. The van der Waals surface area contributed by atoms with Crippen molar-refractivity contribution < 1.29 is 15.3 Å². The fourth-order valence-corrected chi connectivity index (χ4v) is 3.15. The molecule has 3 rings (SSSR count). The molecule has 2 aromatic heterocycles. The van der Waals surface area contributed by atoms with Crippen LogP contribution in [0.4, 0.5) is 0 Å². The first-order valence-electron chi connectivity index (χ1n) is 7.92. The number of phenolic OH excluding ortho intramolecular Hbond substituents is 1. The summed E-state index contributed by atoms with van der Waals surface area (Å²) in [5, 5.41) is 30.4. The molecule has 1 unspecified atom stereocenters. The van der Waals surface area contributed by atoms with Crippen LogP contribution in [0.25, 0.3) is 0 Å². The summed E-state index contributed by atoms with van der Waals surface area (Å²) in [6.45, 7) is 3.24. The van der Waals surface area contributed by atoms with Crippen LogP contribution in [0.15, 0.2) is 46.0 Å². The van der Waals surface area contributed by atoms with Gasteiger partial charge in [-0.2, -0.15) is 0 Å². The lowest BCUT2D eigenvalue weighted by Crippen LogP contribution is -2.21. The molecule has 5 N–H and O–H groups in total. The maximum absolute atomic E-state index is 12.6. The largest absolute Gasteiger partial charge is 0.508 e. The van der Waals surface area contributed by atoms with Gasteiger partial charge in [-0.15, -0.1) is 0 Å². The topological polar surface area (TPSA) is 126 Å². The number of phenols is 1. The van der Waals surface area contributed by atoms with E-state index in [1.165, 1.54) is 18.2 Å². The summed E-state index contributed by atoms with van der Waals surface area (Å²) in [4.78, 5) is 29.4. The van der Waals surface area contributed by atoms with Gasteiger partial charge in [0.25, 0.3) is 11.1 Å². The van der Waals surface area contributed by atoms with E-state index in [0.29, 0.717) is 22.5 Å². The minimum Gasteiger partial charge on any atom is -0.508 e. The zero-order chi connectivity index (χ0) is 19.0. The average molecular weight is 354 g/mol. The maximum atomic E-state index is 12.6. The van der Waals surface area contributed by atoms with Gasteiger partial charge in [-0.05, 0) is 37.6 Å². The Hall–Kier alpha value is -3.48. The van der Waals surface area contributed by atoms with Crippen molar-refractivity contribution in [1.82, 2.24) is 9.97 Å². The SMILES string of the molecule is Cc1cc(O)c(C(c2ccc(O)cc2)c2c(O)cc(=O)[nH]c2C)c(=O)[nH]1. The third-order valence-corrected chi connectivity index (χ3v) is 4.25. The van der Waals surface area contributed by atoms with Crippen LogP contribution < -0.4 is 11.1 Å². The van der Waals surface area contributed by atoms with E-state index in [9.17, 15) is 24.9 Å². The van der Waals surface area contributed by atoms with Gasteiger partial charge in [-0.1, -0.05) is 12.1 Å². The number of H-pyrrole nitrogens is 2. The van der Waals surface area contributed by atoms with Crippen molar-refractivity contribution in [3.05, 3.63) is 85.2 Å². The number of hydrogen-bond acceptors (Lipinski definition) is 5. The number of aromatic nitrogens is 2. The van der Waals surface area contributed by atoms with Gasteiger partial charge in [0, 0.05) is 28.9 Å². The van der Waals surface area contributed by atoms with Crippen LogP contribution in [0, 0.1) is 13.8 Å². The number of nitrogens with one attached hydrogen (secondary N) is 2. The molecule has 0 aliphatic rings. The Morgan fingerprint density at radius 2 is 1.46 bits per heavy atom. The van der Waals surface area contributed by atoms with Crippen LogP contribution in [-0.4, -0.2) is 25.3 Å². The molecule has 0 aliphatic heterocycles. The second-order valence-electron chi connectivity index (χ2n) is 6.16. The van der Waals surface area contributed by atoms with Crippen molar-refractivity contribution in [3.8, 4) is 17.2 Å². The normalized spacial score (nSPS) is 12.1. The van der Waals surface area contributed by atoms with Gasteiger partial charge < -0.3 is 25.3 Å². The van der Waals surface area contributed by atoms with Crippen molar-refractivity contribution in [2.24, 2.45) is 0 Å². The Morgan fingerprint density at radius 3 is 2.04 bits per heavy atom. The third-order valence-electron chi connectivity index (χ3n) is 4.25. The Balaban J connectivity index is 2.38. The molecule has 2 heterocycles. The van der Waals surface area contributed by atoms with E-state index in [-0.39, 0.29) is 22.8 Å². The minimum absolute atomic E-state index is 0.0340. The number of aromatic hydroxyl groups is 3. The van der Waals surface area contributed by atoms with E-state index < -0.39 is 17.0 Å². The smallest absolute Gasteiger partial charge is 0.256 e. The molecular formula is C19H18N2O5. The van der Waals surface area contributed by atoms with Gasteiger partial charge in [0.05, 0.1) is 5.56 Å². The van der Waals surface area contributed by atoms with E-state index >= 15 is 0 Å². The summed E-state index contributed by atoms with van der Waals surface area (Å²) in [5.74, 6) is -1.33. The van der Waals surface area contributed by atoms with E-state index in [1.807, 2.05) is 0 Å². The van der Waals surface area contributed by atoms with Gasteiger partial charge in [0.1, 0.15) is 17.2 Å². The third kappa shape index (κ3) is 3.06. The molecule has 0 bridgehead atoms. The Bertz CT molecular complexity index is 1050. The summed E-state index contributed by atoms with van der Waals surface area (Å²) in [7, 11) is 0. The first-order valence-corrected chi connectivity index (χ1v) is 7.92. The number of aromatic amines is 2. The van der Waals surface area contributed by atoms with Crippen LogP contribution in [0.3, 0.4) is 0 Å². The minimum atomic E-state index is -0.850. The molecule has 0 amide bonds. The Labute approximate surface area is 148 Å². The Morgan fingerprint density at radius 1 is 0.846 bits per heavy atom. The lowest BCUT2D eigenvalue weighted by Gasteiger charge is -2.21. The van der Waals surface area contributed by atoms with E-state index in [0.717, 1.165) is 6.07 Å². The van der Waals surface area contributed by atoms with Crippen LogP contribution in [-0.2, 0) is 0 Å². The number of pyridine rings is 2. The highest BCUT2D eigenvalue weighted by molar-refractivity contribution is 5.53. The number of rotatable bonds is 3. The highest BCUT2D eigenvalue weighted by Gasteiger charge is 2.28. The van der Waals surface area contributed by atoms with Crippen LogP contribution in [0.2, 0.25) is 0 Å². The molecular weight excluding hydrogens is 336 g/mol. The molecule has 0 spiro atoms. The summed E-state index contributed by atoms with van der Waals surface area (Å²) < 4.78 is 0. The molecule has 3 aromatic rings. The number of hydrogen-bond donors (Lipinski definition) is 5. The van der Waals surface area contributed by atoms with Gasteiger partial charge in [0.15, 0.2) is 0 Å². The zero-order valence-corrected chi connectivity index (χ0v) is 14.2. The van der Waals surface area contributed by atoms with E-state index in [1.54, 1.807) is 26.0 Å². The second kappa shape index (κ2) is 6.44. The van der Waals surface area contributed by atoms with Crippen molar-refractivity contribution in [3.63, 3.8) is 0 Å². The molecule has 26 heavy (non-hydrogen) atoms. The highest BCUT2D eigenvalue weighted by atomic mass is 16.3. The second-order valence-corrected chi connectivity index (χ2v) is 6.16. The maximum Gasteiger partial charge on any atom is 0.256 e. The van der Waals surface area contributed by atoms with Crippen molar-refractivity contribution in [2.75, 3.05) is 0 Å². The standard InChI is InChI=1S/C19H18N2O5/c1-9-7-13(23)18(19(26)20-9)17(11-3-5-12(22)6-4-11)16-10(2)21-15(25)8-14(16)24/h3-8,17,22H,1-2H3,(H2,20,23,26)(H2,21,24,25). The lowest BCUT2D eigenvalue weighted by molar-refractivity contribution is 0.454. The molecule has 0 radical (unpaired) electrons. The van der Waals surface area contributed by atoms with Gasteiger partial charge in [-0.3, -0.25) is 9.59 Å². The number of benzene rings is 1. The lowest BCUT2D eigenvalue weighted by atomic mass is 9.84. The molecule has 7 nitrogen and oxygen atoms in total. The van der Waals surface area contributed by atoms with E-state index in [4.69, 9.17) is 0 Å². The molecule has 0 saturated carbocycles. The van der Waals surface area contributed by atoms with Crippen molar-refractivity contribution in [2.45, 2.75) is 19.8 Å². The van der Waals surface area contributed by atoms with Crippen LogP contribution in [0.1, 0.15) is 34.0 Å². The summed E-state index contributed by atoms with van der Waals surface area (Å²) in [6, 6.07) is 8.50. The van der Waals surface area contributed by atoms with Gasteiger partial charge in [-0.25, -0.2) is 0 Å².